The highest BCUT2D eigenvalue weighted by Crippen LogP contribution is 2.44. The van der Waals surface area contributed by atoms with Crippen LogP contribution in [0.15, 0.2) is 28.7 Å². The highest BCUT2D eigenvalue weighted by atomic mass is 79.9. The first-order valence-corrected chi connectivity index (χ1v) is 6.70. The Morgan fingerprint density at radius 3 is 2.42 bits per heavy atom. The summed E-state index contributed by atoms with van der Waals surface area (Å²) in [6.07, 6.45) is -4.86. The predicted octanol–water partition coefficient (Wildman–Crippen LogP) is 3.10. The van der Waals surface area contributed by atoms with E-state index in [-0.39, 0.29) is 25.9 Å². The molecular weight excluding hydrogens is 323 g/mol. The lowest BCUT2D eigenvalue weighted by Gasteiger charge is -2.29. The van der Waals surface area contributed by atoms with Gasteiger partial charge in [-0.15, -0.1) is 0 Å². The van der Waals surface area contributed by atoms with Gasteiger partial charge >= 0.3 is 6.18 Å². The molecule has 6 heteroatoms. The van der Waals surface area contributed by atoms with Crippen LogP contribution in [0, 0.1) is 5.41 Å². The molecule has 1 saturated heterocycles. The quantitative estimate of drug-likeness (QED) is 0.919. The van der Waals surface area contributed by atoms with Crippen LogP contribution in [0.1, 0.15) is 12.0 Å². The molecule has 1 aromatic rings. The van der Waals surface area contributed by atoms with Crippen LogP contribution in [0.25, 0.3) is 0 Å². The van der Waals surface area contributed by atoms with Gasteiger partial charge in [0.25, 0.3) is 0 Å². The normalized spacial score (nSPS) is 23.6. The number of Topliss-reactive ketones (excluding diaryl/α,β-unsaturated/α-hetero) is 1. The zero-order valence-electron chi connectivity index (χ0n) is 10.1. The molecule has 1 fully saturated rings. The van der Waals surface area contributed by atoms with Crippen molar-refractivity contribution in [1.82, 2.24) is 5.32 Å². The molecule has 1 N–H and O–H groups in total. The number of rotatable bonds is 3. The largest absolute Gasteiger partial charge is 0.402 e. The van der Waals surface area contributed by atoms with Gasteiger partial charge in [0.15, 0.2) is 5.78 Å². The second-order valence-corrected chi connectivity index (χ2v) is 5.65. The maximum absolute atomic E-state index is 13.2. The Hall–Kier alpha value is -0.880. The van der Waals surface area contributed by atoms with Crippen molar-refractivity contribution in [2.75, 3.05) is 13.1 Å². The first kappa shape index (κ1) is 14.5. The minimum Gasteiger partial charge on any atom is -0.315 e. The van der Waals surface area contributed by atoms with Crippen LogP contribution in [-0.4, -0.2) is 25.0 Å². The maximum atomic E-state index is 13.2. The lowest BCUT2D eigenvalue weighted by Crippen LogP contribution is -2.47. The Bertz CT molecular complexity index is 464. The van der Waals surface area contributed by atoms with Gasteiger partial charge in [0.2, 0.25) is 0 Å². The molecule has 1 aromatic carbocycles. The van der Waals surface area contributed by atoms with Crippen LogP contribution < -0.4 is 5.32 Å². The molecule has 1 heterocycles. The Morgan fingerprint density at radius 1 is 1.32 bits per heavy atom. The van der Waals surface area contributed by atoms with E-state index in [0.717, 1.165) is 4.47 Å². The number of hydrogen-bond acceptors (Lipinski definition) is 2. The van der Waals surface area contributed by atoms with Crippen molar-refractivity contribution < 1.29 is 18.0 Å². The van der Waals surface area contributed by atoms with E-state index in [1.54, 1.807) is 24.3 Å². The summed E-state index contributed by atoms with van der Waals surface area (Å²) in [4.78, 5) is 12.1. The summed E-state index contributed by atoms with van der Waals surface area (Å²) >= 11 is 3.25. The summed E-state index contributed by atoms with van der Waals surface area (Å²) in [6.45, 7) is -0.0859. The predicted molar refractivity (Wildman–Crippen MR) is 68.8 cm³/mol. The molecule has 1 aliphatic heterocycles. The van der Waals surface area contributed by atoms with E-state index >= 15 is 0 Å². The fourth-order valence-corrected chi connectivity index (χ4v) is 2.55. The van der Waals surface area contributed by atoms with Crippen LogP contribution in [0.4, 0.5) is 13.2 Å². The van der Waals surface area contributed by atoms with Crippen LogP contribution in [0.2, 0.25) is 0 Å². The Morgan fingerprint density at radius 2 is 1.95 bits per heavy atom. The van der Waals surface area contributed by atoms with E-state index < -0.39 is 17.4 Å². The molecule has 0 bridgehead atoms. The summed E-state index contributed by atoms with van der Waals surface area (Å²) < 4.78 is 40.3. The molecule has 2 rings (SSSR count). The molecule has 0 amide bonds. The monoisotopic (exact) mass is 335 g/mol. The first-order valence-electron chi connectivity index (χ1n) is 5.90. The van der Waals surface area contributed by atoms with Gasteiger partial charge in [-0.3, -0.25) is 4.79 Å². The number of halogens is 4. The summed E-state index contributed by atoms with van der Waals surface area (Å²) in [5.41, 5.74) is -1.62. The van der Waals surface area contributed by atoms with Gasteiger partial charge in [-0.05, 0) is 30.7 Å². The fourth-order valence-electron chi connectivity index (χ4n) is 2.29. The average molecular weight is 336 g/mol. The highest BCUT2D eigenvalue weighted by molar-refractivity contribution is 9.10. The van der Waals surface area contributed by atoms with Crippen LogP contribution in [0.5, 0.6) is 0 Å². The lowest BCUT2D eigenvalue weighted by atomic mass is 9.79. The first-order chi connectivity index (χ1) is 8.85. The third-order valence-corrected chi connectivity index (χ3v) is 4.04. The average Bonchev–Trinajstić information content (AvgIpc) is 2.82. The van der Waals surface area contributed by atoms with Gasteiger partial charge < -0.3 is 5.32 Å². The molecule has 1 unspecified atom stereocenters. The maximum Gasteiger partial charge on any atom is 0.402 e. The number of ketones is 1. The number of carbonyl (C=O) groups excluding carboxylic acids is 1. The smallest absolute Gasteiger partial charge is 0.315 e. The molecule has 0 saturated carbocycles. The molecule has 1 aliphatic rings. The van der Waals surface area contributed by atoms with E-state index in [1.807, 2.05) is 0 Å². The second kappa shape index (κ2) is 5.25. The Labute approximate surface area is 117 Å². The number of alkyl halides is 3. The topological polar surface area (TPSA) is 29.1 Å². The summed E-state index contributed by atoms with van der Waals surface area (Å²) in [5.74, 6) is -0.757. The van der Waals surface area contributed by atoms with Crippen molar-refractivity contribution >= 4 is 21.7 Å². The van der Waals surface area contributed by atoms with E-state index in [4.69, 9.17) is 0 Å². The molecule has 2 nitrogen and oxygen atoms in total. The number of benzene rings is 1. The van der Waals surface area contributed by atoms with Gasteiger partial charge in [0.05, 0.1) is 0 Å². The molecule has 1 atom stereocenters. The summed E-state index contributed by atoms with van der Waals surface area (Å²) in [6, 6.07) is 6.76. The van der Waals surface area contributed by atoms with Crippen molar-refractivity contribution in [2.24, 2.45) is 5.41 Å². The van der Waals surface area contributed by atoms with E-state index in [9.17, 15) is 18.0 Å². The van der Waals surface area contributed by atoms with E-state index in [1.165, 1.54) is 0 Å². The summed E-state index contributed by atoms with van der Waals surface area (Å²) in [7, 11) is 0. The van der Waals surface area contributed by atoms with Gasteiger partial charge in [0, 0.05) is 17.4 Å². The minimum atomic E-state index is -4.50. The molecule has 104 valence electrons. The van der Waals surface area contributed by atoms with Gasteiger partial charge in [-0.25, -0.2) is 0 Å². The van der Waals surface area contributed by atoms with Crippen molar-refractivity contribution in [1.29, 1.82) is 0 Å². The third-order valence-electron chi connectivity index (χ3n) is 3.51. The summed E-state index contributed by atoms with van der Waals surface area (Å²) in [5, 5.41) is 2.65. The van der Waals surface area contributed by atoms with E-state index in [2.05, 4.69) is 21.2 Å². The van der Waals surface area contributed by atoms with Crippen molar-refractivity contribution in [3.8, 4) is 0 Å². The highest BCUT2D eigenvalue weighted by Gasteiger charge is 2.60. The molecule has 0 aliphatic carbocycles. The van der Waals surface area contributed by atoms with E-state index in [0.29, 0.717) is 5.56 Å². The molecule has 0 radical (unpaired) electrons. The zero-order valence-corrected chi connectivity index (χ0v) is 11.6. The van der Waals surface area contributed by atoms with Gasteiger partial charge in [-0.2, -0.15) is 13.2 Å². The van der Waals surface area contributed by atoms with Crippen LogP contribution in [-0.2, 0) is 11.2 Å². The zero-order chi connectivity index (χ0) is 14.1. The third kappa shape index (κ3) is 2.84. The lowest BCUT2D eigenvalue weighted by molar-refractivity contribution is -0.214. The van der Waals surface area contributed by atoms with Gasteiger partial charge in [0.1, 0.15) is 5.41 Å². The molecule has 0 spiro atoms. The molecular formula is C13H13BrF3NO. The molecule has 0 aromatic heterocycles. The minimum absolute atomic E-state index is 0.175. The molecule has 19 heavy (non-hydrogen) atoms. The van der Waals surface area contributed by atoms with Crippen LogP contribution >= 0.6 is 15.9 Å². The number of nitrogens with one attached hydrogen (secondary N) is 1. The fraction of sp³-hybridized carbons (Fsp3) is 0.462. The van der Waals surface area contributed by atoms with Crippen molar-refractivity contribution in [2.45, 2.75) is 19.0 Å². The van der Waals surface area contributed by atoms with Crippen LogP contribution in [0.3, 0.4) is 0 Å². The van der Waals surface area contributed by atoms with Crippen molar-refractivity contribution in [3.63, 3.8) is 0 Å². The Kier molecular flexibility index (Phi) is 4.01. The second-order valence-electron chi connectivity index (χ2n) is 4.73. The number of hydrogen-bond donors (Lipinski definition) is 1. The Balaban J connectivity index is 2.19. The number of carbonyl (C=O) groups is 1. The van der Waals surface area contributed by atoms with Crippen molar-refractivity contribution in [3.05, 3.63) is 34.3 Å². The SMILES string of the molecule is O=C(Cc1ccc(Br)cc1)C1(C(F)(F)F)CCNC1. The standard InChI is InChI=1S/C13H13BrF3NO/c14-10-3-1-9(2-4-10)7-11(19)12(13(15,16)17)5-6-18-8-12/h1-4,18H,5-8H2. The van der Waals surface area contributed by atoms with Gasteiger partial charge in [-0.1, -0.05) is 28.1 Å².